The first-order valence-corrected chi connectivity index (χ1v) is 6.82. The fourth-order valence-electron chi connectivity index (χ4n) is 2.96. The molecule has 4 atom stereocenters. The van der Waals surface area contributed by atoms with E-state index in [1.807, 2.05) is 0 Å². The number of hydrogen-bond donors (Lipinski definition) is 4. The molecule has 0 unspecified atom stereocenters. The molecule has 3 rings (SSSR count). The number of aliphatic hydroxyl groups is 2. The third kappa shape index (κ3) is 2.11. The van der Waals surface area contributed by atoms with E-state index in [0.717, 1.165) is 0 Å². The van der Waals surface area contributed by atoms with E-state index in [0.29, 0.717) is 18.2 Å². The lowest BCUT2D eigenvalue weighted by molar-refractivity contribution is -0.0226. The summed E-state index contributed by atoms with van der Waals surface area (Å²) in [6.07, 6.45) is -3.11. The van der Waals surface area contributed by atoms with Crippen LogP contribution in [0.15, 0.2) is 4.79 Å². The third-order valence-electron chi connectivity index (χ3n) is 3.99. The highest BCUT2D eigenvalue weighted by atomic mass is 16.6. The number of nitrogens with one attached hydrogen (secondary N) is 1. The SMILES string of the molecule is CO[C@@H]1[C@H](O)[C@@H](CO)O[C@H]1N1CN(C)c2c1nc(N)[nH]c2=O. The van der Waals surface area contributed by atoms with Crippen LogP contribution in [-0.4, -0.2) is 72.2 Å². The van der Waals surface area contributed by atoms with E-state index in [1.54, 1.807) is 16.8 Å². The molecule has 5 N–H and O–H groups in total. The molecule has 1 aromatic heterocycles. The highest BCUT2D eigenvalue weighted by molar-refractivity contribution is 5.72. The fraction of sp³-hybridized carbons (Fsp3) is 0.667. The fourth-order valence-corrected chi connectivity index (χ4v) is 2.96. The van der Waals surface area contributed by atoms with Crippen LogP contribution in [0.3, 0.4) is 0 Å². The molecule has 1 fully saturated rings. The van der Waals surface area contributed by atoms with Crippen LogP contribution in [-0.2, 0) is 9.47 Å². The van der Waals surface area contributed by atoms with Crippen molar-refractivity contribution in [1.82, 2.24) is 9.97 Å². The Bertz CT molecular complexity index is 622. The van der Waals surface area contributed by atoms with E-state index in [-0.39, 0.29) is 18.1 Å². The van der Waals surface area contributed by atoms with Crippen LogP contribution in [0.25, 0.3) is 0 Å². The van der Waals surface area contributed by atoms with Gasteiger partial charge in [0.05, 0.1) is 13.3 Å². The van der Waals surface area contributed by atoms with E-state index in [9.17, 15) is 15.0 Å². The van der Waals surface area contributed by atoms with E-state index in [1.165, 1.54) is 7.11 Å². The van der Waals surface area contributed by atoms with Gasteiger partial charge in [-0.25, -0.2) is 0 Å². The molecule has 10 heteroatoms. The number of hydrogen-bond acceptors (Lipinski definition) is 9. The minimum atomic E-state index is -0.978. The van der Waals surface area contributed by atoms with Crippen molar-refractivity contribution < 1.29 is 19.7 Å². The van der Waals surface area contributed by atoms with Gasteiger partial charge in [0, 0.05) is 14.2 Å². The summed E-state index contributed by atoms with van der Waals surface area (Å²) < 4.78 is 11.0. The molecule has 1 saturated heterocycles. The highest BCUT2D eigenvalue weighted by Crippen LogP contribution is 2.36. The second kappa shape index (κ2) is 5.39. The molecule has 0 saturated carbocycles. The normalized spacial score (nSPS) is 30.9. The predicted molar refractivity (Wildman–Crippen MR) is 77.6 cm³/mol. The number of fused-ring (bicyclic) bond motifs is 1. The summed E-state index contributed by atoms with van der Waals surface area (Å²) in [4.78, 5) is 22.0. The Labute approximate surface area is 126 Å². The average molecular weight is 313 g/mol. The quantitative estimate of drug-likeness (QED) is 0.483. The van der Waals surface area contributed by atoms with Crippen molar-refractivity contribution in [3.05, 3.63) is 10.4 Å². The summed E-state index contributed by atoms with van der Waals surface area (Å²) >= 11 is 0. The van der Waals surface area contributed by atoms with Crippen molar-refractivity contribution in [1.29, 1.82) is 0 Å². The van der Waals surface area contributed by atoms with Crippen LogP contribution in [0.2, 0.25) is 0 Å². The number of aromatic amines is 1. The van der Waals surface area contributed by atoms with Crippen molar-refractivity contribution in [3.8, 4) is 0 Å². The Kier molecular flexibility index (Phi) is 3.68. The standard InChI is InChI=1S/C12H19N5O5/c1-16-4-17(9-6(16)10(20)15-12(13)14-9)11-8(21-2)7(19)5(3-18)22-11/h5,7-8,11,18-19H,3-4H2,1-2H3,(H3,13,14,15,20)/t5-,7-,8-,11-/m1/s1. The summed E-state index contributed by atoms with van der Waals surface area (Å²) in [7, 11) is 3.19. The first-order chi connectivity index (χ1) is 10.5. The molecule has 0 radical (unpaired) electrons. The van der Waals surface area contributed by atoms with Gasteiger partial charge >= 0.3 is 0 Å². The molecule has 1 aromatic rings. The van der Waals surface area contributed by atoms with Gasteiger partial charge in [-0.15, -0.1) is 0 Å². The molecule has 10 nitrogen and oxygen atoms in total. The Hall–Kier alpha value is -1.88. The topological polar surface area (TPSA) is 137 Å². The smallest absolute Gasteiger partial charge is 0.278 e. The van der Waals surface area contributed by atoms with Gasteiger partial charge in [-0.3, -0.25) is 9.78 Å². The number of nitrogen functional groups attached to an aromatic ring is 1. The zero-order valence-corrected chi connectivity index (χ0v) is 12.3. The average Bonchev–Trinajstić information content (AvgIpc) is 2.96. The number of anilines is 3. The molecule has 0 amide bonds. The first kappa shape index (κ1) is 15.0. The van der Waals surface area contributed by atoms with Crippen LogP contribution >= 0.6 is 0 Å². The van der Waals surface area contributed by atoms with Crippen LogP contribution in [0, 0.1) is 0 Å². The lowest BCUT2D eigenvalue weighted by atomic mass is 10.1. The summed E-state index contributed by atoms with van der Waals surface area (Å²) in [5, 5.41) is 19.4. The number of H-pyrrole nitrogens is 1. The highest BCUT2D eigenvalue weighted by Gasteiger charge is 2.49. The summed E-state index contributed by atoms with van der Waals surface area (Å²) in [6, 6.07) is 0. The van der Waals surface area contributed by atoms with E-state index in [4.69, 9.17) is 15.2 Å². The second-order valence-corrected chi connectivity index (χ2v) is 5.37. The van der Waals surface area contributed by atoms with Crippen LogP contribution in [0.4, 0.5) is 17.5 Å². The molecular weight excluding hydrogens is 294 g/mol. The minimum Gasteiger partial charge on any atom is -0.394 e. The van der Waals surface area contributed by atoms with Crippen molar-refractivity contribution in [3.63, 3.8) is 0 Å². The van der Waals surface area contributed by atoms with Gasteiger partial charge in [-0.1, -0.05) is 0 Å². The first-order valence-electron chi connectivity index (χ1n) is 6.82. The molecule has 3 heterocycles. The molecule has 0 aliphatic carbocycles. The van der Waals surface area contributed by atoms with E-state index >= 15 is 0 Å². The van der Waals surface area contributed by atoms with Gasteiger partial charge in [0.1, 0.15) is 24.0 Å². The van der Waals surface area contributed by atoms with Gasteiger partial charge < -0.3 is 35.2 Å². The third-order valence-corrected chi connectivity index (χ3v) is 3.99. The Morgan fingerprint density at radius 1 is 1.59 bits per heavy atom. The Balaban J connectivity index is 2.00. The van der Waals surface area contributed by atoms with Gasteiger partial charge in [0.25, 0.3) is 5.56 Å². The number of rotatable bonds is 3. The molecule has 0 spiro atoms. The molecule has 122 valence electrons. The Morgan fingerprint density at radius 3 is 2.95 bits per heavy atom. The summed E-state index contributed by atoms with van der Waals surface area (Å²) in [5.41, 5.74) is 5.63. The lowest BCUT2D eigenvalue weighted by Gasteiger charge is -2.29. The Morgan fingerprint density at radius 2 is 2.32 bits per heavy atom. The number of aliphatic hydroxyl groups excluding tert-OH is 2. The van der Waals surface area contributed by atoms with Crippen LogP contribution in [0.1, 0.15) is 0 Å². The van der Waals surface area contributed by atoms with E-state index < -0.39 is 24.5 Å². The van der Waals surface area contributed by atoms with Gasteiger partial charge in [0.2, 0.25) is 5.95 Å². The number of nitrogens with zero attached hydrogens (tertiary/aromatic N) is 3. The largest absolute Gasteiger partial charge is 0.394 e. The summed E-state index contributed by atoms with van der Waals surface area (Å²) in [5.74, 6) is 0.358. The predicted octanol–water partition coefficient (Wildman–Crippen LogP) is -2.34. The van der Waals surface area contributed by atoms with Crippen molar-refractivity contribution >= 4 is 17.5 Å². The number of methoxy groups -OCH3 is 1. The maximum atomic E-state index is 12.0. The molecule has 22 heavy (non-hydrogen) atoms. The molecular formula is C12H19N5O5. The van der Waals surface area contributed by atoms with Gasteiger partial charge in [0.15, 0.2) is 12.0 Å². The van der Waals surface area contributed by atoms with Crippen LogP contribution < -0.4 is 21.1 Å². The molecule has 2 aliphatic heterocycles. The van der Waals surface area contributed by atoms with Gasteiger partial charge in [-0.05, 0) is 0 Å². The van der Waals surface area contributed by atoms with Crippen LogP contribution in [0.5, 0.6) is 0 Å². The van der Waals surface area contributed by atoms with Crippen molar-refractivity contribution in [2.45, 2.75) is 24.5 Å². The van der Waals surface area contributed by atoms with Crippen molar-refractivity contribution in [2.24, 2.45) is 0 Å². The maximum absolute atomic E-state index is 12.0. The maximum Gasteiger partial charge on any atom is 0.278 e. The zero-order valence-electron chi connectivity index (χ0n) is 12.3. The van der Waals surface area contributed by atoms with E-state index in [2.05, 4.69) is 9.97 Å². The second-order valence-electron chi connectivity index (χ2n) is 5.37. The lowest BCUT2D eigenvalue weighted by Crippen LogP contribution is -2.46. The van der Waals surface area contributed by atoms with Gasteiger partial charge in [-0.2, -0.15) is 4.98 Å². The number of ether oxygens (including phenoxy) is 2. The number of nitrogens with two attached hydrogens (primary N) is 1. The molecule has 0 bridgehead atoms. The molecule has 0 aromatic carbocycles. The molecule has 2 aliphatic rings. The minimum absolute atomic E-state index is 0.00438. The monoisotopic (exact) mass is 313 g/mol. The zero-order chi connectivity index (χ0) is 16.0. The van der Waals surface area contributed by atoms with Crippen molar-refractivity contribution in [2.75, 3.05) is 43.0 Å². The summed E-state index contributed by atoms with van der Waals surface area (Å²) in [6.45, 7) is -0.0106. The number of aromatic nitrogens is 2.